The topological polar surface area (TPSA) is 27.6 Å². The van der Waals surface area contributed by atoms with E-state index < -0.39 is 0 Å². The Morgan fingerprint density at radius 2 is 2.17 bits per heavy atom. The molecule has 1 aromatic carbocycles. The number of benzene rings is 1. The van der Waals surface area contributed by atoms with Crippen LogP contribution in [0.25, 0.3) is 0 Å². The second kappa shape index (κ2) is 6.21. The molecule has 2 rings (SSSR count). The van der Waals surface area contributed by atoms with Crippen molar-refractivity contribution in [1.82, 2.24) is 10.2 Å². The summed E-state index contributed by atoms with van der Waals surface area (Å²) in [5.41, 5.74) is 1.21. The van der Waals surface area contributed by atoms with E-state index in [2.05, 4.69) is 35.1 Å². The van der Waals surface area contributed by atoms with Crippen LogP contribution in [0.4, 0.5) is 0 Å². The second-order valence-electron chi connectivity index (χ2n) is 4.37. The van der Waals surface area contributed by atoms with Crippen LogP contribution in [0.2, 0.25) is 5.02 Å². The zero-order chi connectivity index (χ0) is 13.0. The Labute approximate surface area is 114 Å². The van der Waals surface area contributed by atoms with Gasteiger partial charge in [-0.1, -0.05) is 37.6 Å². The van der Waals surface area contributed by atoms with E-state index in [1.165, 1.54) is 5.56 Å². The van der Waals surface area contributed by atoms with E-state index >= 15 is 0 Å². The molecule has 1 aliphatic rings. The highest BCUT2D eigenvalue weighted by molar-refractivity contribution is 6.30. The predicted molar refractivity (Wildman–Crippen MR) is 77.4 cm³/mol. The van der Waals surface area contributed by atoms with E-state index in [-0.39, 0.29) is 6.04 Å². The number of hydrogen-bond donors (Lipinski definition) is 1. The summed E-state index contributed by atoms with van der Waals surface area (Å²) in [4.78, 5) is 6.97. The molecule has 1 N–H and O–H groups in total. The smallest absolute Gasteiger partial charge is 0.119 e. The lowest BCUT2D eigenvalue weighted by Gasteiger charge is -2.30. The first-order chi connectivity index (χ1) is 8.76. The summed E-state index contributed by atoms with van der Waals surface area (Å²) in [5, 5.41) is 4.17. The number of nitrogens with one attached hydrogen (secondary N) is 1. The van der Waals surface area contributed by atoms with Gasteiger partial charge in [-0.25, -0.2) is 0 Å². The zero-order valence-corrected chi connectivity index (χ0v) is 11.7. The monoisotopic (exact) mass is 265 g/mol. The average Bonchev–Trinajstić information content (AvgIpc) is 2.89. The Balaban J connectivity index is 2.34. The number of hydrogen-bond acceptors (Lipinski definition) is 3. The molecule has 4 heteroatoms. The van der Waals surface area contributed by atoms with Crippen molar-refractivity contribution in [2.24, 2.45) is 4.99 Å². The molecule has 0 spiro atoms. The normalized spacial score (nSPS) is 16.6. The van der Waals surface area contributed by atoms with Gasteiger partial charge in [-0.15, -0.1) is 0 Å². The van der Waals surface area contributed by atoms with E-state index in [0.717, 1.165) is 37.0 Å². The lowest BCUT2D eigenvalue weighted by Crippen LogP contribution is -2.38. The van der Waals surface area contributed by atoms with Gasteiger partial charge in [-0.3, -0.25) is 9.89 Å². The number of aliphatic imine (C=N–C) groups is 1. The molecule has 98 valence electrons. The van der Waals surface area contributed by atoms with Crippen molar-refractivity contribution in [2.45, 2.75) is 19.9 Å². The van der Waals surface area contributed by atoms with Crippen molar-refractivity contribution in [3.05, 3.63) is 34.9 Å². The third-order valence-corrected chi connectivity index (χ3v) is 3.54. The average molecular weight is 266 g/mol. The maximum absolute atomic E-state index is 6.11. The summed E-state index contributed by atoms with van der Waals surface area (Å²) < 4.78 is 0. The maximum atomic E-state index is 6.11. The summed E-state index contributed by atoms with van der Waals surface area (Å²) in [6.07, 6.45) is 0. The third-order valence-electron chi connectivity index (χ3n) is 3.30. The fourth-order valence-electron chi connectivity index (χ4n) is 2.41. The van der Waals surface area contributed by atoms with E-state index in [1.807, 2.05) is 18.2 Å². The third kappa shape index (κ3) is 2.85. The summed E-state index contributed by atoms with van der Waals surface area (Å²) in [6.45, 7) is 8.15. The summed E-state index contributed by atoms with van der Waals surface area (Å²) in [7, 11) is 0. The Bertz CT molecular complexity index is 427. The van der Waals surface area contributed by atoms with Gasteiger partial charge in [0.2, 0.25) is 0 Å². The molecule has 0 aliphatic carbocycles. The highest BCUT2D eigenvalue weighted by Gasteiger charge is 2.25. The quantitative estimate of drug-likeness (QED) is 0.887. The minimum absolute atomic E-state index is 0.196. The molecular formula is C14H20ClN3. The van der Waals surface area contributed by atoms with Gasteiger partial charge in [-0.2, -0.15) is 0 Å². The van der Waals surface area contributed by atoms with Crippen molar-refractivity contribution in [3.63, 3.8) is 0 Å². The van der Waals surface area contributed by atoms with Crippen LogP contribution in [0.3, 0.4) is 0 Å². The van der Waals surface area contributed by atoms with E-state index in [1.54, 1.807) is 0 Å². The highest BCUT2D eigenvalue weighted by atomic mass is 35.5. The van der Waals surface area contributed by atoms with Gasteiger partial charge in [0.15, 0.2) is 0 Å². The molecule has 0 aromatic heterocycles. The van der Waals surface area contributed by atoms with Gasteiger partial charge in [-0.05, 0) is 30.8 Å². The van der Waals surface area contributed by atoms with Crippen LogP contribution in [-0.2, 0) is 0 Å². The van der Waals surface area contributed by atoms with Crippen LogP contribution in [0.15, 0.2) is 29.3 Å². The molecule has 1 atom stereocenters. The molecule has 0 saturated heterocycles. The first-order valence-corrected chi connectivity index (χ1v) is 6.91. The van der Waals surface area contributed by atoms with Gasteiger partial charge < -0.3 is 5.32 Å². The molecule has 18 heavy (non-hydrogen) atoms. The Hall–Kier alpha value is -1.06. The standard InChI is InChI=1S/C14H20ClN3/c1-3-18(4-2)13(14-16-8-9-17-14)11-6-5-7-12(15)10-11/h5-7,10,13H,3-4,8-9H2,1-2H3,(H,16,17). The van der Waals surface area contributed by atoms with Crippen molar-refractivity contribution >= 4 is 17.4 Å². The first kappa shape index (κ1) is 13.4. The fraction of sp³-hybridized carbons (Fsp3) is 0.500. The van der Waals surface area contributed by atoms with Crippen molar-refractivity contribution in [3.8, 4) is 0 Å². The van der Waals surface area contributed by atoms with Crippen LogP contribution in [0.1, 0.15) is 25.5 Å². The number of likely N-dealkylation sites (N-methyl/N-ethyl adjacent to an activating group) is 1. The van der Waals surface area contributed by atoms with Crippen LogP contribution < -0.4 is 5.32 Å². The Morgan fingerprint density at radius 1 is 1.39 bits per heavy atom. The Kier molecular flexibility index (Phi) is 4.61. The van der Waals surface area contributed by atoms with Crippen molar-refractivity contribution in [1.29, 1.82) is 0 Å². The van der Waals surface area contributed by atoms with Gasteiger partial charge >= 0.3 is 0 Å². The van der Waals surface area contributed by atoms with Gasteiger partial charge in [0.05, 0.1) is 12.6 Å². The molecule has 1 aliphatic heterocycles. The summed E-state index contributed by atoms with van der Waals surface area (Å²) in [6, 6.07) is 8.27. The van der Waals surface area contributed by atoms with Crippen molar-refractivity contribution < 1.29 is 0 Å². The predicted octanol–water partition coefficient (Wildman–Crippen LogP) is 2.72. The molecule has 0 bridgehead atoms. The van der Waals surface area contributed by atoms with Gasteiger partial charge in [0, 0.05) is 11.6 Å². The molecule has 0 fully saturated rings. The lowest BCUT2D eigenvalue weighted by atomic mass is 10.0. The van der Waals surface area contributed by atoms with Crippen molar-refractivity contribution in [2.75, 3.05) is 26.2 Å². The van der Waals surface area contributed by atoms with Crippen LogP contribution in [0.5, 0.6) is 0 Å². The Morgan fingerprint density at radius 3 is 2.72 bits per heavy atom. The largest absolute Gasteiger partial charge is 0.370 e. The van der Waals surface area contributed by atoms with E-state index in [0.29, 0.717) is 0 Å². The molecule has 1 aromatic rings. The number of halogens is 1. The molecule has 0 radical (unpaired) electrons. The van der Waals surface area contributed by atoms with Crippen LogP contribution >= 0.6 is 11.6 Å². The van der Waals surface area contributed by atoms with E-state index in [4.69, 9.17) is 11.6 Å². The minimum Gasteiger partial charge on any atom is -0.370 e. The fourth-order valence-corrected chi connectivity index (χ4v) is 2.61. The number of amidine groups is 1. The van der Waals surface area contributed by atoms with E-state index in [9.17, 15) is 0 Å². The SMILES string of the molecule is CCN(CC)C(C1=NCCN1)c1cccc(Cl)c1. The van der Waals surface area contributed by atoms with Crippen LogP contribution in [-0.4, -0.2) is 36.9 Å². The molecule has 3 nitrogen and oxygen atoms in total. The maximum Gasteiger partial charge on any atom is 0.119 e. The zero-order valence-electron chi connectivity index (χ0n) is 11.0. The second-order valence-corrected chi connectivity index (χ2v) is 4.81. The summed E-state index contributed by atoms with van der Waals surface area (Å²) >= 11 is 6.11. The molecule has 1 heterocycles. The number of rotatable bonds is 5. The molecular weight excluding hydrogens is 246 g/mol. The molecule has 0 amide bonds. The number of nitrogens with zero attached hydrogens (tertiary/aromatic N) is 2. The first-order valence-electron chi connectivity index (χ1n) is 6.54. The van der Waals surface area contributed by atoms with Crippen LogP contribution in [0, 0.1) is 0 Å². The lowest BCUT2D eigenvalue weighted by molar-refractivity contribution is 0.268. The molecule has 1 unspecified atom stereocenters. The minimum atomic E-state index is 0.196. The summed E-state index contributed by atoms with van der Waals surface area (Å²) in [5.74, 6) is 1.07. The molecule has 0 saturated carbocycles. The highest BCUT2D eigenvalue weighted by Crippen LogP contribution is 2.25. The van der Waals surface area contributed by atoms with Gasteiger partial charge in [0.25, 0.3) is 0 Å². The van der Waals surface area contributed by atoms with Gasteiger partial charge in [0.1, 0.15) is 5.84 Å².